The lowest BCUT2D eigenvalue weighted by atomic mass is 9.46. The van der Waals surface area contributed by atoms with Crippen molar-refractivity contribution in [2.75, 3.05) is 7.11 Å². The molecule has 0 bridgehead atoms. The smallest absolute Gasteiger partial charge is 0.155 e. The molecule has 2 heteroatoms. The third-order valence-corrected chi connectivity index (χ3v) is 9.21. The van der Waals surface area contributed by atoms with E-state index in [9.17, 15) is 4.79 Å². The Morgan fingerprint density at radius 3 is 2.54 bits per heavy atom. The van der Waals surface area contributed by atoms with Gasteiger partial charge in [0.15, 0.2) is 5.78 Å². The van der Waals surface area contributed by atoms with Crippen molar-refractivity contribution in [1.29, 1.82) is 0 Å². The summed E-state index contributed by atoms with van der Waals surface area (Å²) in [6.07, 6.45) is 12.7. The largest absolute Gasteiger partial charge is 0.378 e. The second-order valence-corrected chi connectivity index (χ2v) is 9.52. The van der Waals surface area contributed by atoms with Gasteiger partial charge in [0.05, 0.1) is 5.60 Å². The summed E-state index contributed by atoms with van der Waals surface area (Å²) in [5, 5.41) is 0. The topological polar surface area (TPSA) is 26.3 Å². The summed E-state index contributed by atoms with van der Waals surface area (Å²) < 4.78 is 6.19. The number of hydrogen-bond acceptors (Lipinski definition) is 2. The molecule has 134 valence electrons. The van der Waals surface area contributed by atoms with Crippen LogP contribution in [0.25, 0.3) is 0 Å². The van der Waals surface area contributed by atoms with Crippen molar-refractivity contribution in [3.05, 3.63) is 11.6 Å². The number of rotatable bonds is 2. The number of carbonyl (C=O) groups is 1. The quantitative estimate of drug-likeness (QED) is 0.685. The third kappa shape index (κ3) is 1.95. The highest BCUT2D eigenvalue weighted by Crippen LogP contribution is 2.68. The monoisotopic (exact) mass is 330 g/mol. The molecule has 4 aliphatic rings. The van der Waals surface area contributed by atoms with Crippen LogP contribution in [0.2, 0.25) is 0 Å². The average Bonchev–Trinajstić information content (AvgIpc) is 2.88. The number of allylic oxidation sites excluding steroid dienone is 1. The highest BCUT2D eigenvalue weighted by atomic mass is 16.5. The maximum Gasteiger partial charge on any atom is 0.155 e. The molecule has 24 heavy (non-hydrogen) atoms. The van der Waals surface area contributed by atoms with Crippen molar-refractivity contribution in [2.24, 2.45) is 28.6 Å². The van der Waals surface area contributed by atoms with Crippen molar-refractivity contribution < 1.29 is 9.53 Å². The van der Waals surface area contributed by atoms with E-state index in [1.165, 1.54) is 37.7 Å². The molecule has 2 nitrogen and oxygen atoms in total. The van der Waals surface area contributed by atoms with Crippen LogP contribution in [0, 0.1) is 28.6 Å². The SMILES string of the molecule is CCC1(OC)CCC2C3CCC4=CC(=O)CCC4(C)C3CCC21C. The van der Waals surface area contributed by atoms with Crippen molar-refractivity contribution in [3.8, 4) is 0 Å². The Morgan fingerprint density at radius 2 is 1.83 bits per heavy atom. The van der Waals surface area contributed by atoms with Gasteiger partial charge in [-0.25, -0.2) is 0 Å². The van der Waals surface area contributed by atoms with Crippen LogP contribution < -0.4 is 0 Å². The maximum absolute atomic E-state index is 11.9. The Morgan fingerprint density at radius 1 is 1.08 bits per heavy atom. The van der Waals surface area contributed by atoms with Crippen LogP contribution in [0.1, 0.15) is 78.6 Å². The van der Waals surface area contributed by atoms with Crippen LogP contribution in [-0.4, -0.2) is 18.5 Å². The van der Waals surface area contributed by atoms with Gasteiger partial charge in [-0.15, -0.1) is 0 Å². The second-order valence-electron chi connectivity index (χ2n) is 9.52. The molecule has 0 aromatic carbocycles. The number of ether oxygens (including phenoxy) is 1. The first-order chi connectivity index (χ1) is 11.4. The van der Waals surface area contributed by atoms with Crippen molar-refractivity contribution in [3.63, 3.8) is 0 Å². The lowest BCUT2D eigenvalue weighted by Crippen LogP contribution is -2.55. The highest BCUT2D eigenvalue weighted by Gasteiger charge is 2.63. The van der Waals surface area contributed by atoms with Crippen LogP contribution in [0.4, 0.5) is 0 Å². The molecule has 0 amide bonds. The molecular weight excluding hydrogens is 296 g/mol. The van der Waals surface area contributed by atoms with E-state index < -0.39 is 0 Å². The number of ketones is 1. The maximum atomic E-state index is 11.9. The van der Waals surface area contributed by atoms with Gasteiger partial charge in [0.1, 0.15) is 0 Å². The molecule has 0 aliphatic heterocycles. The summed E-state index contributed by atoms with van der Waals surface area (Å²) in [5.41, 5.74) is 2.22. The molecule has 0 spiro atoms. The van der Waals surface area contributed by atoms with E-state index in [1.54, 1.807) is 0 Å². The molecule has 0 saturated heterocycles. The normalized spacial score (nSPS) is 50.8. The van der Waals surface area contributed by atoms with Gasteiger partial charge in [0.25, 0.3) is 0 Å². The van der Waals surface area contributed by atoms with E-state index in [-0.39, 0.29) is 5.60 Å². The Kier molecular flexibility index (Phi) is 3.81. The van der Waals surface area contributed by atoms with Gasteiger partial charge >= 0.3 is 0 Å². The Hall–Kier alpha value is -0.630. The minimum atomic E-state index is 0.0994. The van der Waals surface area contributed by atoms with Gasteiger partial charge in [-0.3, -0.25) is 4.79 Å². The predicted molar refractivity (Wildman–Crippen MR) is 96.7 cm³/mol. The second kappa shape index (κ2) is 5.43. The average molecular weight is 331 g/mol. The summed E-state index contributed by atoms with van der Waals surface area (Å²) in [7, 11) is 1.94. The fraction of sp³-hybridized carbons (Fsp3) is 0.864. The molecule has 4 rings (SSSR count). The van der Waals surface area contributed by atoms with Crippen LogP contribution in [0.3, 0.4) is 0 Å². The summed E-state index contributed by atoms with van der Waals surface area (Å²) >= 11 is 0. The van der Waals surface area contributed by atoms with E-state index in [0.717, 1.165) is 43.4 Å². The first-order valence-corrected chi connectivity index (χ1v) is 10.2. The standard InChI is InChI=1S/C22H34O2/c1-5-22(24-4)13-10-19-17-7-6-15-14-16(23)8-11-20(15,2)18(17)9-12-21(19,22)3/h14,17-19H,5-13H2,1-4H3. The molecule has 3 fully saturated rings. The molecule has 3 saturated carbocycles. The first kappa shape index (κ1) is 16.8. The van der Waals surface area contributed by atoms with E-state index in [1.807, 2.05) is 13.2 Å². The number of hydrogen-bond donors (Lipinski definition) is 0. The Bertz CT molecular complexity index is 573. The predicted octanol–water partition coefficient (Wildman–Crippen LogP) is 5.31. The van der Waals surface area contributed by atoms with Gasteiger partial charge in [-0.05, 0) is 86.0 Å². The van der Waals surface area contributed by atoms with Crippen molar-refractivity contribution in [1.82, 2.24) is 0 Å². The first-order valence-electron chi connectivity index (χ1n) is 10.2. The van der Waals surface area contributed by atoms with Crippen LogP contribution in [0.5, 0.6) is 0 Å². The van der Waals surface area contributed by atoms with E-state index >= 15 is 0 Å². The van der Waals surface area contributed by atoms with Crippen LogP contribution in [-0.2, 0) is 9.53 Å². The van der Waals surface area contributed by atoms with E-state index in [0.29, 0.717) is 16.6 Å². The molecule has 0 aromatic rings. The minimum Gasteiger partial charge on any atom is -0.378 e. The third-order valence-electron chi connectivity index (χ3n) is 9.21. The summed E-state index contributed by atoms with van der Waals surface area (Å²) in [4.78, 5) is 11.9. The van der Waals surface area contributed by atoms with E-state index in [2.05, 4.69) is 20.8 Å². The molecule has 0 aromatic heterocycles. The van der Waals surface area contributed by atoms with Crippen LogP contribution in [0.15, 0.2) is 11.6 Å². The summed E-state index contributed by atoms with van der Waals surface area (Å²) in [6.45, 7) is 7.33. The molecule has 0 N–H and O–H groups in total. The fourth-order valence-corrected chi connectivity index (χ4v) is 7.71. The fourth-order valence-electron chi connectivity index (χ4n) is 7.71. The van der Waals surface area contributed by atoms with Gasteiger partial charge in [-0.1, -0.05) is 26.3 Å². The summed E-state index contributed by atoms with van der Waals surface area (Å²) in [6, 6.07) is 0. The molecule has 6 unspecified atom stereocenters. The lowest BCUT2D eigenvalue weighted by Gasteiger charge is -2.59. The lowest BCUT2D eigenvalue weighted by molar-refractivity contribution is -0.146. The van der Waals surface area contributed by atoms with Crippen molar-refractivity contribution in [2.45, 2.75) is 84.2 Å². The molecule has 0 heterocycles. The zero-order valence-electron chi connectivity index (χ0n) is 16.0. The van der Waals surface area contributed by atoms with Gasteiger partial charge < -0.3 is 4.74 Å². The highest BCUT2D eigenvalue weighted by molar-refractivity contribution is 5.91. The molecule has 6 atom stereocenters. The number of fused-ring (bicyclic) bond motifs is 5. The molecule has 0 radical (unpaired) electrons. The Labute approximate surface area is 147 Å². The van der Waals surface area contributed by atoms with Crippen LogP contribution >= 0.6 is 0 Å². The summed E-state index contributed by atoms with van der Waals surface area (Å²) in [5.74, 6) is 2.80. The zero-order valence-corrected chi connectivity index (χ0v) is 16.0. The minimum absolute atomic E-state index is 0.0994. The van der Waals surface area contributed by atoms with Gasteiger partial charge in [-0.2, -0.15) is 0 Å². The number of methoxy groups -OCH3 is 1. The van der Waals surface area contributed by atoms with Gasteiger partial charge in [0.2, 0.25) is 0 Å². The Balaban J connectivity index is 1.68. The number of carbonyl (C=O) groups excluding carboxylic acids is 1. The zero-order chi connectivity index (χ0) is 17.2. The van der Waals surface area contributed by atoms with E-state index in [4.69, 9.17) is 4.74 Å². The molecular formula is C22H34O2. The van der Waals surface area contributed by atoms with Crippen molar-refractivity contribution >= 4 is 5.78 Å². The van der Waals surface area contributed by atoms with Gasteiger partial charge in [0, 0.05) is 13.5 Å². The molecule has 4 aliphatic carbocycles.